The fraction of sp³-hybridized carbons (Fsp3) is 0.0909. The Hall–Kier alpha value is -3.14. The van der Waals surface area contributed by atoms with E-state index in [-0.39, 0.29) is 5.91 Å². The van der Waals surface area contributed by atoms with Gasteiger partial charge in [0.25, 0.3) is 5.91 Å². The van der Waals surface area contributed by atoms with Gasteiger partial charge in [0.1, 0.15) is 0 Å². The minimum absolute atomic E-state index is 0.0651. The van der Waals surface area contributed by atoms with Crippen LogP contribution in [0.4, 0.5) is 11.4 Å². The van der Waals surface area contributed by atoms with Crippen molar-refractivity contribution in [1.29, 1.82) is 0 Å². The lowest BCUT2D eigenvalue weighted by molar-refractivity contribution is 0.0982. The summed E-state index contributed by atoms with van der Waals surface area (Å²) in [5.74, 6) is -0.0651. The molecule has 4 rings (SSSR count). The maximum absolute atomic E-state index is 13.3. The summed E-state index contributed by atoms with van der Waals surface area (Å²) in [5.41, 5.74) is 4.11. The van der Waals surface area contributed by atoms with Crippen LogP contribution in [0, 0.1) is 6.92 Å². The second-order valence-corrected chi connectivity index (χ2v) is 7.41. The number of nitrogens with zero attached hydrogens (tertiary/aromatic N) is 2. The first kappa shape index (κ1) is 17.3. The molecule has 3 aromatic carbocycles. The van der Waals surface area contributed by atoms with Gasteiger partial charge in [-0.2, -0.15) is 4.99 Å². The number of aliphatic imine (C=N–C) groups is 1. The number of rotatable bonds is 3. The topological polar surface area (TPSA) is 49.7 Å². The number of fused-ring (bicyclic) bond motifs is 2. The molecule has 0 saturated carbocycles. The first-order valence-electron chi connectivity index (χ1n) is 8.52. The average Bonchev–Trinajstić information content (AvgIpc) is 2.79. The van der Waals surface area contributed by atoms with Gasteiger partial charge in [0.15, 0.2) is 0 Å². The minimum Gasteiger partial charge on any atom is -0.303 e. The second-order valence-electron chi connectivity index (χ2n) is 6.33. The third-order valence-corrected chi connectivity index (χ3v) is 5.59. The lowest BCUT2D eigenvalue weighted by Crippen LogP contribution is -2.30. The second kappa shape index (κ2) is 7.23. The van der Waals surface area contributed by atoms with E-state index in [0.717, 1.165) is 21.0 Å². The lowest BCUT2D eigenvalue weighted by atomic mass is 10.1. The molecule has 0 radical (unpaired) electrons. The maximum Gasteiger partial charge on any atom is 0.259 e. The monoisotopic (exact) mass is 372 g/mol. The highest BCUT2D eigenvalue weighted by atomic mass is 32.2. The smallest absolute Gasteiger partial charge is 0.259 e. The van der Waals surface area contributed by atoms with E-state index in [1.54, 1.807) is 34.9 Å². The van der Waals surface area contributed by atoms with Crippen LogP contribution in [0.2, 0.25) is 0 Å². The summed E-state index contributed by atoms with van der Waals surface area (Å²) in [7, 11) is 0. The average molecular weight is 372 g/mol. The first-order chi connectivity index (χ1) is 13.2. The van der Waals surface area contributed by atoms with Crippen molar-refractivity contribution in [2.75, 3.05) is 4.90 Å². The molecule has 0 aliphatic carbocycles. The van der Waals surface area contributed by atoms with Gasteiger partial charge in [-0.3, -0.25) is 4.79 Å². The van der Waals surface area contributed by atoms with E-state index in [9.17, 15) is 9.59 Å². The Bertz CT molecular complexity index is 1070. The highest BCUT2D eigenvalue weighted by Gasteiger charge is 2.27. The predicted octanol–water partition coefficient (Wildman–Crippen LogP) is 5.27. The van der Waals surface area contributed by atoms with E-state index >= 15 is 0 Å². The molecule has 27 heavy (non-hydrogen) atoms. The molecule has 0 unspecified atom stereocenters. The zero-order chi connectivity index (χ0) is 18.8. The summed E-state index contributed by atoms with van der Waals surface area (Å²) in [6.45, 7) is 2.47. The molecule has 0 atom stereocenters. The first-order valence-corrected chi connectivity index (χ1v) is 9.33. The molecular formula is C22H16N2O2S. The van der Waals surface area contributed by atoms with Crippen molar-refractivity contribution < 1.29 is 9.59 Å². The van der Waals surface area contributed by atoms with Crippen LogP contribution < -0.4 is 4.90 Å². The van der Waals surface area contributed by atoms with Gasteiger partial charge in [-0.15, -0.1) is 0 Å². The molecule has 0 N–H and O–H groups in total. The van der Waals surface area contributed by atoms with Gasteiger partial charge in [0.2, 0.25) is 6.08 Å². The van der Waals surface area contributed by atoms with Gasteiger partial charge < -0.3 is 4.90 Å². The lowest BCUT2D eigenvalue weighted by Gasteiger charge is -2.23. The van der Waals surface area contributed by atoms with Crippen LogP contribution in [0.15, 0.2) is 81.5 Å². The van der Waals surface area contributed by atoms with Crippen molar-refractivity contribution in [2.45, 2.75) is 23.3 Å². The standard InChI is InChI=1S/C22H16N2O2S/c1-15-6-8-16(9-7-15)13-24-19-12-17(23-14-25)10-11-21(19)27-20-5-3-2-4-18(20)22(24)26/h2-12H,13H2,1H3. The Morgan fingerprint density at radius 3 is 2.56 bits per heavy atom. The number of amides is 1. The van der Waals surface area contributed by atoms with E-state index in [1.807, 2.05) is 61.5 Å². The molecule has 0 bridgehead atoms. The van der Waals surface area contributed by atoms with Crippen LogP contribution in [0.5, 0.6) is 0 Å². The van der Waals surface area contributed by atoms with Crippen molar-refractivity contribution >= 4 is 35.1 Å². The zero-order valence-electron chi connectivity index (χ0n) is 14.7. The summed E-state index contributed by atoms with van der Waals surface area (Å²) in [4.78, 5) is 31.4. The van der Waals surface area contributed by atoms with Gasteiger partial charge >= 0.3 is 0 Å². The van der Waals surface area contributed by atoms with Crippen molar-refractivity contribution in [1.82, 2.24) is 0 Å². The van der Waals surface area contributed by atoms with E-state index in [0.29, 0.717) is 17.8 Å². The molecule has 1 heterocycles. The Morgan fingerprint density at radius 1 is 1.00 bits per heavy atom. The summed E-state index contributed by atoms with van der Waals surface area (Å²) in [6, 6.07) is 21.2. The van der Waals surface area contributed by atoms with Gasteiger partial charge in [-0.25, -0.2) is 4.79 Å². The van der Waals surface area contributed by atoms with E-state index in [4.69, 9.17) is 0 Å². The van der Waals surface area contributed by atoms with E-state index in [1.165, 1.54) is 5.56 Å². The molecular weight excluding hydrogens is 356 g/mol. The van der Waals surface area contributed by atoms with Gasteiger partial charge in [-0.05, 0) is 42.8 Å². The van der Waals surface area contributed by atoms with Crippen LogP contribution in [0.3, 0.4) is 0 Å². The zero-order valence-corrected chi connectivity index (χ0v) is 15.5. The third-order valence-electron chi connectivity index (χ3n) is 4.45. The minimum atomic E-state index is -0.0651. The maximum atomic E-state index is 13.3. The Labute approximate surface area is 161 Å². The number of hydrogen-bond donors (Lipinski definition) is 0. The fourth-order valence-electron chi connectivity index (χ4n) is 3.06. The highest BCUT2D eigenvalue weighted by Crippen LogP contribution is 2.43. The van der Waals surface area contributed by atoms with E-state index in [2.05, 4.69) is 4.99 Å². The molecule has 0 saturated heterocycles. The van der Waals surface area contributed by atoms with Crippen molar-refractivity contribution in [3.05, 3.63) is 83.4 Å². The Morgan fingerprint density at radius 2 is 1.78 bits per heavy atom. The molecule has 3 aromatic rings. The van der Waals surface area contributed by atoms with Crippen LogP contribution in [0.25, 0.3) is 0 Å². The number of carbonyl (C=O) groups is 1. The molecule has 132 valence electrons. The van der Waals surface area contributed by atoms with Crippen LogP contribution in [0.1, 0.15) is 21.5 Å². The van der Waals surface area contributed by atoms with Crippen molar-refractivity contribution in [3.8, 4) is 0 Å². The predicted molar refractivity (Wildman–Crippen MR) is 106 cm³/mol. The Kier molecular flexibility index (Phi) is 4.63. The molecule has 4 nitrogen and oxygen atoms in total. The number of aryl methyl sites for hydroxylation is 1. The number of benzene rings is 3. The van der Waals surface area contributed by atoms with Gasteiger partial charge in [-0.1, -0.05) is 53.7 Å². The van der Waals surface area contributed by atoms with Crippen molar-refractivity contribution in [2.24, 2.45) is 4.99 Å². The largest absolute Gasteiger partial charge is 0.303 e. The van der Waals surface area contributed by atoms with E-state index < -0.39 is 0 Å². The van der Waals surface area contributed by atoms with Crippen LogP contribution >= 0.6 is 11.8 Å². The molecule has 1 aliphatic heterocycles. The SMILES string of the molecule is Cc1ccc(CN2C(=O)c3ccccc3Sc3ccc(N=C=O)cc32)cc1. The van der Waals surface area contributed by atoms with Gasteiger partial charge in [0.05, 0.1) is 23.5 Å². The summed E-state index contributed by atoms with van der Waals surface area (Å²) >= 11 is 1.55. The summed E-state index contributed by atoms with van der Waals surface area (Å²) in [5, 5.41) is 0. The normalized spacial score (nSPS) is 12.6. The Balaban J connectivity index is 1.86. The van der Waals surface area contributed by atoms with Crippen LogP contribution in [-0.4, -0.2) is 12.0 Å². The number of hydrogen-bond acceptors (Lipinski definition) is 4. The number of isocyanates is 1. The molecule has 5 heteroatoms. The number of anilines is 1. The number of carbonyl (C=O) groups excluding carboxylic acids is 2. The molecule has 0 spiro atoms. The quantitative estimate of drug-likeness (QED) is 0.465. The molecule has 0 aromatic heterocycles. The molecule has 0 fully saturated rings. The van der Waals surface area contributed by atoms with Crippen LogP contribution in [-0.2, 0) is 11.3 Å². The van der Waals surface area contributed by atoms with Gasteiger partial charge in [0, 0.05) is 9.79 Å². The summed E-state index contributed by atoms with van der Waals surface area (Å²) in [6.07, 6.45) is 1.57. The molecule has 1 amide bonds. The van der Waals surface area contributed by atoms with Crippen molar-refractivity contribution in [3.63, 3.8) is 0 Å². The summed E-state index contributed by atoms with van der Waals surface area (Å²) < 4.78 is 0. The fourth-order valence-corrected chi connectivity index (χ4v) is 4.12. The molecule has 1 aliphatic rings. The third kappa shape index (κ3) is 3.43. The highest BCUT2D eigenvalue weighted by molar-refractivity contribution is 7.99.